The molecule has 0 bridgehead atoms. The van der Waals surface area contributed by atoms with E-state index in [2.05, 4.69) is 6.58 Å². The molecule has 4 N–H and O–H groups in total. The van der Waals surface area contributed by atoms with Crippen molar-refractivity contribution in [2.75, 3.05) is 0 Å². The molecule has 1 unspecified atom stereocenters. The summed E-state index contributed by atoms with van der Waals surface area (Å²) < 4.78 is 32.2. The molecular formula is C9H13NO3S. The maximum Gasteiger partial charge on any atom is 0.105 e. The first-order valence-electron chi connectivity index (χ1n) is 3.68. The number of hydrogen-bond acceptors (Lipinski definition) is 3. The second kappa shape index (κ2) is 4.90. The third kappa shape index (κ3) is 2.95. The highest BCUT2D eigenvalue weighted by Gasteiger charge is 2.13. The molecule has 0 heterocycles. The molecule has 0 amide bonds. The van der Waals surface area contributed by atoms with E-state index in [0.717, 1.165) is 6.08 Å². The van der Waals surface area contributed by atoms with Crippen LogP contribution in [0.15, 0.2) is 43.0 Å². The highest BCUT2D eigenvalue weighted by molar-refractivity contribution is 7.86. The van der Waals surface area contributed by atoms with Crippen molar-refractivity contribution in [3.63, 3.8) is 0 Å². The molecule has 0 aliphatic heterocycles. The average molecular weight is 215 g/mol. The van der Waals surface area contributed by atoms with Gasteiger partial charge in [-0.1, -0.05) is 36.4 Å². The summed E-state index contributed by atoms with van der Waals surface area (Å²) in [6.45, 7) is 3.32. The molecule has 0 spiro atoms. The summed E-state index contributed by atoms with van der Waals surface area (Å²) in [7, 11) is -4.34. The first-order valence-corrected chi connectivity index (χ1v) is 5.15. The van der Waals surface area contributed by atoms with Crippen molar-refractivity contribution in [1.82, 2.24) is 6.15 Å². The Bertz CT molecular complexity index is 386. The zero-order valence-corrected chi connectivity index (χ0v) is 8.70. The minimum Gasteiger partial charge on any atom is -0.747 e. The largest absolute Gasteiger partial charge is 0.747 e. The number of hydrogen-bond donors (Lipinski definition) is 1. The lowest BCUT2D eigenvalue weighted by molar-refractivity contribution is 0.456. The predicted molar refractivity (Wildman–Crippen MR) is 55.1 cm³/mol. The van der Waals surface area contributed by atoms with E-state index in [-0.39, 0.29) is 6.15 Å². The Hall–Kier alpha value is -1.17. The van der Waals surface area contributed by atoms with Gasteiger partial charge in [0.15, 0.2) is 0 Å². The zero-order valence-electron chi connectivity index (χ0n) is 7.88. The molecule has 0 aromatic heterocycles. The molecule has 0 fully saturated rings. The molecule has 0 aliphatic carbocycles. The van der Waals surface area contributed by atoms with Crippen molar-refractivity contribution in [3.05, 3.63) is 48.6 Å². The van der Waals surface area contributed by atoms with Crippen molar-refractivity contribution >= 4 is 10.1 Å². The quantitative estimate of drug-likeness (QED) is 0.615. The molecule has 0 aliphatic rings. The molecule has 1 aromatic rings. The molecule has 4 nitrogen and oxygen atoms in total. The van der Waals surface area contributed by atoms with Gasteiger partial charge in [-0.3, -0.25) is 0 Å². The minimum absolute atomic E-state index is 0. The van der Waals surface area contributed by atoms with E-state index in [0.29, 0.717) is 5.56 Å². The lowest BCUT2D eigenvalue weighted by atomic mass is 10.1. The van der Waals surface area contributed by atoms with Crippen LogP contribution in [0.2, 0.25) is 0 Å². The normalized spacial score (nSPS) is 12.6. The predicted octanol–water partition coefficient (Wildman–Crippen LogP) is 1.84. The fraction of sp³-hybridized carbons (Fsp3) is 0.111. The van der Waals surface area contributed by atoms with Gasteiger partial charge in [-0.15, -0.1) is 6.58 Å². The van der Waals surface area contributed by atoms with Crippen LogP contribution in [0.25, 0.3) is 0 Å². The number of rotatable bonds is 3. The van der Waals surface area contributed by atoms with E-state index in [1.807, 2.05) is 0 Å². The second-order valence-corrected chi connectivity index (χ2v) is 4.05. The van der Waals surface area contributed by atoms with Gasteiger partial charge in [0.2, 0.25) is 0 Å². The second-order valence-electron chi connectivity index (χ2n) is 2.56. The Kier molecular flexibility index (Phi) is 4.49. The van der Waals surface area contributed by atoms with Crippen LogP contribution >= 0.6 is 0 Å². The fourth-order valence-electron chi connectivity index (χ4n) is 1.06. The molecule has 14 heavy (non-hydrogen) atoms. The SMILES string of the molecule is C=CC(c1ccccc1)S(=O)(=O)[O-].[NH4+]. The lowest BCUT2D eigenvalue weighted by Crippen LogP contribution is -2.09. The van der Waals surface area contributed by atoms with Gasteiger partial charge in [-0.25, -0.2) is 8.42 Å². The van der Waals surface area contributed by atoms with Crippen LogP contribution in [0.1, 0.15) is 10.8 Å². The van der Waals surface area contributed by atoms with E-state index < -0.39 is 15.4 Å². The van der Waals surface area contributed by atoms with Crippen LogP contribution in [0.3, 0.4) is 0 Å². The summed E-state index contributed by atoms with van der Waals surface area (Å²) in [6.07, 6.45) is 1.14. The maximum absolute atomic E-state index is 10.7. The van der Waals surface area contributed by atoms with Crippen LogP contribution in [0, 0.1) is 0 Å². The van der Waals surface area contributed by atoms with Gasteiger partial charge < -0.3 is 10.7 Å². The van der Waals surface area contributed by atoms with Crippen molar-refractivity contribution in [1.29, 1.82) is 0 Å². The monoisotopic (exact) mass is 215 g/mol. The number of quaternary nitrogens is 1. The first-order chi connectivity index (χ1) is 6.05. The van der Waals surface area contributed by atoms with E-state index in [1.54, 1.807) is 30.3 Å². The van der Waals surface area contributed by atoms with Crippen molar-refractivity contribution in [2.24, 2.45) is 0 Å². The fourth-order valence-corrected chi connectivity index (χ4v) is 1.79. The van der Waals surface area contributed by atoms with Gasteiger partial charge in [0.1, 0.15) is 10.1 Å². The Morgan fingerprint density at radius 1 is 1.29 bits per heavy atom. The molecule has 0 radical (unpaired) electrons. The van der Waals surface area contributed by atoms with E-state index in [9.17, 15) is 13.0 Å². The highest BCUT2D eigenvalue weighted by Crippen LogP contribution is 2.21. The van der Waals surface area contributed by atoms with Crippen LogP contribution in [-0.4, -0.2) is 13.0 Å². The summed E-state index contributed by atoms with van der Waals surface area (Å²) in [5.74, 6) is 0. The van der Waals surface area contributed by atoms with Crippen molar-refractivity contribution in [2.45, 2.75) is 5.25 Å². The molecule has 1 rings (SSSR count). The van der Waals surface area contributed by atoms with E-state index in [4.69, 9.17) is 0 Å². The minimum atomic E-state index is -4.34. The van der Waals surface area contributed by atoms with Gasteiger partial charge in [0.25, 0.3) is 0 Å². The van der Waals surface area contributed by atoms with E-state index >= 15 is 0 Å². The lowest BCUT2D eigenvalue weighted by Gasteiger charge is -2.16. The van der Waals surface area contributed by atoms with Crippen molar-refractivity contribution < 1.29 is 13.0 Å². The highest BCUT2D eigenvalue weighted by atomic mass is 32.2. The molecule has 5 heteroatoms. The Labute approximate surface area is 83.6 Å². The third-order valence-electron chi connectivity index (χ3n) is 1.65. The molecule has 0 saturated carbocycles. The standard InChI is InChI=1S/C9H10O3S.H3N/c1-2-9(13(10,11)12)8-6-4-3-5-7-8;/h2-7,9H,1H2,(H,10,11,12);1H3. The summed E-state index contributed by atoms with van der Waals surface area (Å²) in [5.41, 5.74) is 0.451. The summed E-state index contributed by atoms with van der Waals surface area (Å²) in [4.78, 5) is 0. The first kappa shape index (κ1) is 12.8. The van der Waals surface area contributed by atoms with Crippen LogP contribution < -0.4 is 6.15 Å². The zero-order chi connectivity index (χ0) is 9.90. The van der Waals surface area contributed by atoms with Crippen LogP contribution in [0.4, 0.5) is 0 Å². The van der Waals surface area contributed by atoms with Gasteiger partial charge in [-0.05, 0) is 5.56 Å². The topological polar surface area (TPSA) is 93.7 Å². The molecule has 1 aromatic carbocycles. The van der Waals surface area contributed by atoms with Gasteiger partial charge in [0.05, 0.1) is 5.25 Å². The van der Waals surface area contributed by atoms with Crippen molar-refractivity contribution in [3.8, 4) is 0 Å². The summed E-state index contributed by atoms with van der Waals surface area (Å²) in [5, 5.41) is -1.14. The number of benzene rings is 1. The smallest absolute Gasteiger partial charge is 0.105 e. The molecule has 0 saturated heterocycles. The van der Waals surface area contributed by atoms with E-state index in [1.165, 1.54) is 0 Å². The van der Waals surface area contributed by atoms with Crippen LogP contribution in [-0.2, 0) is 10.1 Å². The third-order valence-corrected chi connectivity index (χ3v) is 2.74. The van der Waals surface area contributed by atoms with Gasteiger partial charge in [-0.2, -0.15) is 0 Å². The Morgan fingerprint density at radius 2 is 1.79 bits per heavy atom. The Balaban J connectivity index is 0.00000169. The van der Waals surface area contributed by atoms with Gasteiger partial charge >= 0.3 is 0 Å². The van der Waals surface area contributed by atoms with Crippen LogP contribution in [0.5, 0.6) is 0 Å². The molecule has 78 valence electrons. The maximum atomic E-state index is 10.7. The summed E-state index contributed by atoms with van der Waals surface area (Å²) >= 11 is 0. The van der Waals surface area contributed by atoms with Gasteiger partial charge in [0, 0.05) is 0 Å². The molecular weight excluding hydrogens is 202 g/mol. The summed E-state index contributed by atoms with van der Waals surface area (Å²) in [6, 6.07) is 8.28. The molecule has 1 atom stereocenters. The Morgan fingerprint density at radius 3 is 2.14 bits per heavy atom. The average Bonchev–Trinajstić information content (AvgIpc) is 2.05.